The lowest BCUT2D eigenvalue weighted by Gasteiger charge is -2.12. The van der Waals surface area contributed by atoms with Crippen molar-refractivity contribution in [3.63, 3.8) is 0 Å². The van der Waals surface area contributed by atoms with E-state index in [2.05, 4.69) is 10.6 Å². The first-order chi connectivity index (χ1) is 14.0. The van der Waals surface area contributed by atoms with Gasteiger partial charge in [-0.2, -0.15) is 0 Å². The fourth-order valence-electron chi connectivity index (χ4n) is 2.87. The van der Waals surface area contributed by atoms with Crippen LogP contribution in [0.3, 0.4) is 0 Å². The number of amides is 2. The molecule has 0 aliphatic heterocycles. The molecule has 0 bridgehead atoms. The number of ether oxygens (including phenoxy) is 1. The van der Waals surface area contributed by atoms with Crippen LogP contribution in [0.25, 0.3) is 10.8 Å². The first-order valence-corrected chi connectivity index (χ1v) is 9.83. The van der Waals surface area contributed by atoms with Gasteiger partial charge in [-0.25, -0.2) is 0 Å². The lowest BCUT2D eigenvalue weighted by Crippen LogP contribution is -2.28. The van der Waals surface area contributed by atoms with Gasteiger partial charge in [0.25, 0.3) is 5.91 Å². The Hall–Kier alpha value is -3.34. The highest BCUT2D eigenvalue weighted by molar-refractivity contribution is 5.92. The molecule has 3 aromatic rings. The maximum atomic E-state index is 12.1. The van der Waals surface area contributed by atoms with Crippen molar-refractivity contribution >= 4 is 28.3 Å². The van der Waals surface area contributed by atoms with E-state index in [9.17, 15) is 9.59 Å². The summed E-state index contributed by atoms with van der Waals surface area (Å²) in [6.45, 7) is 4.20. The minimum Gasteiger partial charge on any atom is -0.484 e. The molecule has 0 aliphatic rings. The van der Waals surface area contributed by atoms with Gasteiger partial charge in [-0.1, -0.05) is 56.3 Å². The van der Waals surface area contributed by atoms with Gasteiger partial charge in [-0.15, -0.1) is 0 Å². The number of benzene rings is 3. The maximum absolute atomic E-state index is 12.1. The topological polar surface area (TPSA) is 67.4 Å². The van der Waals surface area contributed by atoms with Crippen LogP contribution < -0.4 is 15.4 Å². The average molecular weight is 390 g/mol. The van der Waals surface area contributed by atoms with E-state index >= 15 is 0 Å². The van der Waals surface area contributed by atoms with Crippen molar-refractivity contribution in [1.82, 2.24) is 5.32 Å². The summed E-state index contributed by atoms with van der Waals surface area (Å²) < 4.78 is 5.61. The Kier molecular flexibility index (Phi) is 6.85. The van der Waals surface area contributed by atoms with Crippen molar-refractivity contribution in [3.05, 3.63) is 72.3 Å². The summed E-state index contributed by atoms with van der Waals surface area (Å²) in [5.41, 5.74) is 1.64. The quantitative estimate of drug-likeness (QED) is 0.594. The number of hydrogen-bond donors (Lipinski definition) is 2. The zero-order chi connectivity index (χ0) is 20.6. The molecule has 3 aromatic carbocycles. The van der Waals surface area contributed by atoms with E-state index in [-0.39, 0.29) is 24.3 Å². The van der Waals surface area contributed by atoms with E-state index in [1.54, 1.807) is 0 Å². The molecular formula is C24H26N2O3. The summed E-state index contributed by atoms with van der Waals surface area (Å²) in [7, 11) is 0. The Balaban J connectivity index is 1.49. The van der Waals surface area contributed by atoms with Crippen LogP contribution in [0.1, 0.15) is 25.8 Å². The molecule has 5 heteroatoms. The third-order valence-corrected chi connectivity index (χ3v) is 4.84. The molecule has 0 aliphatic carbocycles. The molecule has 0 saturated heterocycles. The first kappa shape index (κ1) is 20.4. The van der Waals surface area contributed by atoms with Crippen molar-refractivity contribution in [3.8, 4) is 5.75 Å². The summed E-state index contributed by atoms with van der Waals surface area (Å²) in [5.74, 6) is 0.420. The van der Waals surface area contributed by atoms with Gasteiger partial charge in [0.1, 0.15) is 5.75 Å². The van der Waals surface area contributed by atoms with Crippen LogP contribution in [0.5, 0.6) is 5.75 Å². The Morgan fingerprint density at radius 3 is 2.55 bits per heavy atom. The molecule has 0 spiro atoms. The van der Waals surface area contributed by atoms with Gasteiger partial charge in [0.05, 0.1) is 0 Å². The van der Waals surface area contributed by atoms with E-state index in [1.807, 2.05) is 80.6 Å². The predicted octanol–water partition coefficient (Wildman–Crippen LogP) is 4.52. The number of carbonyl (C=O) groups is 2. The smallest absolute Gasteiger partial charge is 0.258 e. The summed E-state index contributed by atoms with van der Waals surface area (Å²) in [6, 6.07) is 21.2. The van der Waals surface area contributed by atoms with Crippen molar-refractivity contribution < 1.29 is 14.3 Å². The number of carbonyl (C=O) groups excluding carboxylic acids is 2. The molecule has 2 N–H and O–H groups in total. The van der Waals surface area contributed by atoms with Crippen molar-refractivity contribution in [2.45, 2.75) is 26.8 Å². The zero-order valence-electron chi connectivity index (χ0n) is 16.8. The fraction of sp³-hybridized carbons (Fsp3) is 0.250. The van der Waals surface area contributed by atoms with Gasteiger partial charge < -0.3 is 15.4 Å². The second-order valence-corrected chi connectivity index (χ2v) is 7.07. The van der Waals surface area contributed by atoms with E-state index in [1.165, 1.54) is 0 Å². The monoisotopic (exact) mass is 390 g/mol. The number of rotatable bonds is 8. The SMILES string of the molecule is CCC(C)C(=O)Nc1cccc(CNC(=O)COc2ccc3ccccc3c2)c1. The Morgan fingerprint density at radius 2 is 1.76 bits per heavy atom. The van der Waals surface area contributed by atoms with Crippen molar-refractivity contribution in [1.29, 1.82) is 0 Å². The lowest BCUT2D eigenvalue weighted by atomic mass is 10.1. The van der Waals surface area contributed by atoms with Crippen LogP contribution in [0.4, 0.5) is 5.69 Å². The minimum atomic E-state index is -0.202. The zero-order valence-corrected chi connectivity index (χ0v) is 16.8. The average Bonchev–Trinajstić information content (AvgIpc) is 2.75. The predicted molar refractivity (Wildman–Crippen MR) is 116 cm³/mol. The first-order valence-electron chi connectivity index (χ1n) is 9.83. The van der Waals surface area contributed by atoms with Crippen molar-refractivity contribution in [2.75, 3.05) is 11.9 Å². The molecule has 29 heavy (non-hydrogen) atoms. The largest absolute Gasteiger partial charge is 0.484 e. The van der Waals surface area contributed by atoms with Gasteiger partial charge in [0.15, 0.2) is 6.61 Å². The normalized spacial score (nSPS) is 11.7. The number of anilines is 1. The molecular weight excluding hydrogens is 364 g/mol. The minimum absolute atomic E-state index is 0.00234. The van der Waals surface area contributed by atoms with Gasteiger partial charge in [-0.05, 0) is 47.0 Å². The molecule has 1 atom stereocenters. The number of nitrogens with one attached hydrogen (secondary N) is 2. The summed E-state index contributed by atoms with van der Waals surface area (Å²) in [6.07, 6.45) is 0.790. The molecule has 0 radical (unpaired) electrons. The number of hydrogen-bond acceptors (Lipinski definition) is 3. The lowest BCUT2D eigenvalue weighted by molar-refractivity contribution is -0.123. The van der Waals surface area contributed by atoms with E-state index < -0.39 is 0 Å². The highest BCUT2D eigenvalue weighted by Gasteiger charge is 2.11. The third kappa shape index (κ3) is 5.82. The Labute approximate surface area is 171 Å². The summed E-state index contributed by atoms with van der Waals surface area (Å²) in [4.78, 5) is 24.2. The highest BCUT2D eigenvalue weighted by atomic mass is 16.5. The van der Waals surface area contributed by atoms with Gasteiger partial charge >= 0.3 is 0 Å². The van der Waals surface area contributed by atoms with Crippen LogP contribution >= 0.6 is 0 Å². The molecule has 0 heterocycles. The molecule has 0 fully saturated rings. The molecule has 3 rings (SSSR count). The van der Waals surface area contributed by atoms with Crippen LogP contribution in [0.15, 0.2) is 66.7 Å². The van der Waals surface area contributed by atoms with Crippen molar-refractivity contribution in [2.24, 2.45) is 5.92 Å². The maximum Gasteiger partial charge on any atom is 0.258 e. The number of fused-ring (bicyclic) bond motifs is 1. The third-order valence-electron chi connectivity index (χ3n) is 4.84. The second-order valence-electron chi connectivity index (χ2n) is 7.07. The van der Waals surface area contributed by atoms with E-state index in [4.69, 9.17) is 4.74 Å². The van der Waals surface area contributed by atoms with E-state index in [0.717, 1.165) is 28.4 Å². The Morgan fingerprint density at radius 1 is 0.966 bits per heavy atom. The van der Waals surface area contributed by atoms with Crippen LogP contribution in [0.2, 0.25) is 0 Å². The fourth-order valence-corrected chi connectivity index (χ4v) is 2.87. The van der Waals surface area contributed by atoms with Gasteiger partial charge in [0, 0.05) is 18.2 Å². The molecule has 0 saturated carbocycles. The summed E-state index contributed by atoms with van der Waals surface area (Å²) in [5, 5.41) is 7.95. The standard InChI is InChI=1S/C24H26N2O3/c1-3-17(2)24(28)26-21-10-6-7-18(13-21)15-25-23(27)16-29-22-12-11-19-8-4-5-9-20(19)14-22/h4-14,17H,3,15-16H2,1-2H3,(H,25,27)(H,26,28). The van der Waals surface area contributed by atoms with Crippen LogP contribution in [-0.2, 0) is 16.1 Å². The van der Waals surface area contributed by atoms with E-state index in [0.29, 0.717) is 12.3 Å². The van der Waals surface area contributed by atoms with Crippen LogP contribution in [-0.4, -0.2) is 18.4 Å². The molecule has 150 valence electrons. The van der Waals surface area contributed by atoms with Crippen LogP contribution in [0, 0.1) is 5.92 Å². The molecule has 1 unspecified atom stereocenters. The molecule has 5 nitrogen and oxygen atoms in total. The summed E-state index contributed by atoms with van der Waals surface area (Å²) >= 11 is 0. The second kappa shape index (κ2) is 9.73. The molecule has 2 amide bonds. The molecule has 0 aromatic heterocycles. The van der Waals surface area contributed by atoms with Gasteiger partial charge in [0.2, 0.25) is 5.91 Å². The van der Waals surface area contributed by atoms with Gasteiger partial charge in [-0.3, -0.25) is 9.59 Å². The highest BCUT2D eigenvalue weighted by Crippen LogP contribution is 2.20. The Bertz CT molecular complexity index is 1000.